The van der Waals surface area contributed by atoms with Crippen molar-refractivity contribution in [1.29, 1.82) is 0 Å². The Hall–Kier alpha value is -1.55. The summed E-state index contributed by atoms with van der Waals surface area (Å²) in [5.41, 5.74) is 1.62. The third-order valence-corrected chi connectivity index (χ3v) is 3.36. The summed E-state index contributed by atoms with van der Waals surface area (Å²) in [5.74, 6) is -0.0664. The summed E-state index contributed by atoms with van der Waals surface area (Å²) in [6.45, 7) is 1.95. The van der Waals surface area contributed by atoms with Crippen molar-refractivity contribution in [2.45, 2.75) is 13.0 Å². The molecule has 1 atom stereocenters. The second-order valence-electron chi connectivity index (χ2n) is 4.09. The number of hydrogen-bond acceptors (Lipinski definition) is 2. The van der Waals surface area contributed by atoms with Gasteiger partial charge in [-0.2, -0.15) is 0 Å². The molecule has 2 aromatic carbocycles. The molecule has 0 bridgehead atoms. The van der Waals surface area contributed by atoms with Crippen molar-refractivity contribution < 1.29 is 9.50 Å². The van der Waals surface area contributed by atoms with Crippen LogP contribution in [0.3, 0.4) is 0 Å². The molecule has 4 heteroatoms. The molecule has 0 heterocycles. The molecular weight excluding hydrogens is 297 g/mol. The number of anilines is 1. The molecule has 0 aliphatic heterocycles. The average Bonchev–Trinajstić information content (AvgIpc) is 2.34. The zero-order valence-electron chi connectivity index (χ0n) is 9.82. The van der Waals surface area contributed by atoms with Crippen LogP contribution in [0, 0.1) is 5.82 Å². The number of hydrogen-bond donors (Lipinski definition) is 2. The summed E-state index contributed by atoms with van der Waals surface area (Å²) in [4.78, 5) is 0. The van der Waals surface area contributed by atoms with Gasteiger partial charge in [-0.05, 0) is 58.7 Å². The van der Waals surface area contributed by atoms with Crippen molar-refractivity contribution in [2.75, 3.05) is 5.32 Å². The van der Waals surface area contributed by atoms with Crippen LogP contribution in [0.4, 0.5) is 10.1 Å². The first-order valence-electron chi connectivity index (χ1n) is 5.57. The van der Waals surface area contributed by atoms with Crippen molar-refractivity contribution in [3.63, 3.8) is 0 Å². The molecule has 0 amide bonds. The number of halogens is 2. The standard InChI is InChI=1S/C14H13BrFNO/c1-9(10-3-2-4-12(18)7-10)17-14-8-11(16)5-6-13(14)15/h2-9,17-18H,1H3. The van der Waals surface area contributed by atoms with E-state index in [1.165, 1.54) is 12.1 Å². The third-order valence-electron chi connectivity index (χ3n) is 2.67. The summed E-state index contributed by atoms with van der Waals surface area (Å²) >= 11 is 3.37. The van der Waals surface area contributed by atoms with Gasteiger partial charge in [0, 0.05) is 10.5 Å². The fourth-order valence-corrected chi connectivity index (χ4v) is 2.08. The highest BCUT2D eigenvalue weighted by Crippen LogP contribution is 2.28. The van der Waals surface area contributed by atoms with E-state index in [1.54, 1.807) is 24.3 Å². The van der Waals surface area contributed by atoms with E-state index in [2.05, 4.69) is 21.2 Å². The zero-order chi connectivity index (χ0) is 13.1. The van der Waals surface area contributed by atoms with Gasteiger partial charge in [-0.3, -0.25) is 0 Å². The van der Waals surface area contributed by atoms with Gasteiger partial charge < -0.3 is 10.4 Å². The number of rotatable bonds is 3. The normalized spacial score (nSPS) is 12.2. The molecule has 0 spiro atoms. The molecule has 94 valence electrons. The fraction of sp³-hybridized carbons (Fsp3) is 0.143. The molecule has 2 rings (SSSR count). The van der Waals surface area contributed by atoms with Crippen molar-refractivity contribution in [1.82, 2.24) is 0 Å². The number of phenolic OH excluding ortho intramolecular Hbond substituents is 1. The van der Waals surface area contributed by atoms with Gasteiger partial charge in [0.25, 0.3) is 0 Å². The largest absolute Gasteiger partial charge is 0.508 e. The maximum atomic E-state index is 13.2. The van der Waals surface area contributed by atoms with Crippen LogP contribution in [0.5, 0.6) is 5.75 Å². The second-order valence-corrected chi connectivity index (χ2v) is 4.94. The second kappa shape index (κ2) is 5.40. The Kier molecular flexibility index (Phi) is 3.87. The highest BCUT2D eigenvalue weighted by molar-refractivity contribution is 9.10. The molecule has 0 aliphatic rings. The van der Waals surface area contributed by atoms with E-state index in [1.807, 2.05) is 13.0 Å². The lowest BCUT2D eigenvalue weighted by Gasteiger charge is -2.17. The van der Waals surface area contributed by atoms with Crippen molar-refractivity contribution in [3.05, 3.63) is 58.3 Å². The first-order chi connectivity index (χ1) is 8.56. The van der Waals surface area contributed by atoms with E-state index in [4.69, 9.17) is 0 Å². The maximum Gasteiger partial charge on any atom is 0.125 e. The first kappa shape index (κ1) is 12.9. The van der Waals surface area contributed by atoms with E-state index in [-0.39, 0.29) is 17.6 Å². The minimum Gasteiger partial charge on any atom is -0.508 e. The highest BCUT2D eigenvalue weighted by atomic mass is 79.9. The first-order valence-corrected chi connectivity index (χ1v) is 6.36. The van der Waals surface area contributed by atoms with Crippen LogP contribution in [0.1, 0.15) is 18.5 Å². The summed E-state index contributed by atoms with van der Waals surface area (Å²) < 4.78 is 14.0. The van der Waals surface area contributed by atoms with Crippen molar-refractivity contribution in [2.24, 2.45) is 0 Å². The molecule has 2 nitrogen and oxygen atoms in total. The Bertz CT molecular complexity index is 559. The molecule has 0 aromatic heterocycles. The highest BCUT2D eigenvalue weighted by Gasteiger charge is 2.08. The molecular formula is C14H13BrFNO. The molecule has 2 N–H and O–H groups in total. The zero-order valence-corrected chi connectivity index (χ0v) is 11.4. The van der Waals surface area contributed by atoms with Gasteiger partial charge in [0.05, 0.1) is 5.69 Å². The molecule has 0 saturated carbocycles. The van der Waals surface area contributed by atoms with Gasteiger partial charge in [0.1, 0.15) is 11.6 Å². The Morgan fingerprint density at radius 3 is 2.72 bits per heavy atom. The van der Waals surface area contributed by atoms with Gasteiger partial charge in [-0.15, -0.1) is 0 Å². The van der Waals surface area contributed by atoms with Crippen LogP contribution < -0.4 is 5.32 Å². The summed E-state index contributed by atoms with van der Waals surface area (Å²) in [5, 5.41) is 12.6. The molecule has 0 fully saturated rings. The predicted octanol–water partition coefficient (Wildman–Crippen LogP) is 4.47. The molecule has 0 radical (unpaired) electrons. The molecule has 2 aromatic rings. The third kappa shape index (κ3) is 3.01. The fourth-order valence-electron chi connectivity index (χ4n) is 1.72. The van der Waals surface area contributed by atoms with Crippen LogP contribution in [0.25, 0.3) is 0 Å². The van der Waals surface area contributed by atoms with E-state index in [0.29, 0.717) is 5.69 Å². The monoisotopic (exact) mass is 309 g/mol. The number of aromatic hydroxyl groups is 1. The lowest BCUT2D eigenvalue weighted by Crippen LogP contribution is -2.07. The summed E-state index contributed by atoms with van der Waals surface area (Å²) in [6, 6.07) is 11.5. The number of phenols is 1. The molecule has 0 aliphatic carbocycles. The van der Waals surface area contributed by atoms with Crippen LogP contribution in [-0.4, -0.2) is 5.11 Å². The minimum atomic E-state index is -0.288. The van der Waals surface area contributed by atoms with Gasteiger partial charge in [-0.1, -0.05) is 12.1 Å². The number of benzene rings is 2. The Labute approximate surface area is 114 Å². The smallest absolute Gasteiger partial charge is 0.125 e. The van der Waals surface area contributed by atoms with Gasteiger partial charge in [0.2, 0.25) is 0 Å². The predicted molar refractivity (Wildman–Crippen MR) is 74.2 cm³/mol. The average molecular weight is 310 g/mol. The molecule has 1 unspecified atom stereocenters. The van der Waals surface area contributed by atoms with E-state index in [0.717, 1.165) is 10.0 Å². The lowest BCUT2D eigenvalue weighted by molar-refractivity contribution is 0.474. The van der Waals surface area contributed by atoms with Crippen LogP contribution in [-0.2, 0) is 0 Å². The summed E-state index contributed by atoms with van der Waals surface area (Å²) in [7, 11) is 0. The van der Waals surface area contributed by atoms with Crippen LogP contribution >= 0.6 is 15.9 Å². The molecule has 0 saturated heterocycles. The van der Waals surface area contributed by atoms with Gasteiger partial charge in [0.15, 0.2) is 0 Å². The van der Waals surface area contributed by atoms with Crippen molar-refractivity contribution >= 4 is 21.6 Å². The van der Waals surface area contributed by atoms with E-state index >= 15 is 0 Å². The Morgan fingerprint density at radius 1 is 1.22 bits per heavy atom. The van der Waals surface area contributed by atoms with Gasteiger partial charge >= 0.3 is 0 Å². The Morgan fingerprint density at radius 2 is 2.00 bits per heavy atom. The van der Waals surface area contributed by atoms with Crippen molar-refractivity contribution in [3.8, 4) is 5.75 Å². The Balaban J connectivity index is 2.21. The van der Waals surface area contributed by atoms with Crippen LogP contribution in [0.15, 0.2) is 46.9 Å². The SMILES string of the molecule is CC(Nc1cc(F)ccc1Br)c1cccc(O)c1. The summed E-state index contributed by atoms with van der Waals surface area (Å²) in [6.07, 6.45) is 0. The lowest BCUT2D eigenvalue weighted by atomic mass is 10.1. The van der Waals surface area contributed by atoms with Crippen LogP contribution in [0.2, 0.25) is 0 Å². The molecule has 18 heavy (non-hydrogen) atoms. The van der Waals surface area contributed by atoms with E-state index in [9.17, 15) is 9.50 Å². The number of nitrogens with one attached hydrogen (secondary N) is 1. The maximum absolute atomic E-state index is 13.2. The minimum absolute atomic E-state index is 0.0322. The topological polar surface area (TPSA) is 32.3 Å². The van der Waals surface area contributed by atoms with E-state index < -0.39 is 0 Å². The quantitative estimate of drug-likeness (QED) is 0.877. The van der Waals surface area contributed by atoms with Gasteiger partial charge in [-0.25, -0.2) is 4.39 Å².